The minimum Gasteiger partial charge on any atom is -0.448 e. The van der Waals surface area contributed by atoms with Crippen LogP contribution in [0.1, 0.15) is 39.5 Å². The largest absolute Gasteiger partial charge is 0.448 e. The second kappa shape index (κ2) is 7.62. The molecule has 1 saturated carbocycles. The third kappa shape index (κ3) is 4.12. The third-order valence-corrected chi connectivity index (χ3v) is 8.00. The summed E-state index contributed by atoms with van der Waals surface area (Å²) in [5.41, 5.74) is 0.536. The molecule has 2 N–H and O–H groups in total. The lowest BCUT2D eigenvalue weighted by molar-refractivity contribution is -0.118. The number of amides is 1. The Hall–Kier alpha value is -2.10. The number of rotatable bonds is 6. The summed E-state index contributed by atoms with van der Waals surface area (Å²) < 4.78 is 39.8. The number of thiophene rings is 1. The van der Waals surface area contributed by atoms with Crippen LogP contribution in [-0.4, -0.2) is 26.2 Å². The second-order valence-electron chi connectivity index (χ2n) is 7.75. The van der Waals surface area contributed by atoms with E-state index in [4.69, 9.17) is 9.47 Å². The summed E-state index contributed by atoms with van der Waals surface area (Å²) in [5.74, 6) is 0.0469. The Balaban J connectivity index is 1.48. The van der Waals surface area contributed by atoms with Crippen LogP contribution in [-0.2, 0) is 14.8 Å². The Bertz CT molecular complexity index is 996. The Morgan fingerprint density at radius 1 is 1.14 bits per heavy atom. The smallest absolute Gasteiger partial charge is 0.251 e. The van der Waals surface area contributed by atoms with Gasteiger partial charge in [0.15, 0.2) is 11.5 Å². The van der Waals surface area contributed by atoms with Gasteiger partial charge in [-0.05, 0) is 42.3 Å². The highest BCUT2D eigenvalue weighted by Crippen LogP contribution is 2.47. The van der Waals surface area contributed by atoms with Crippen molar-refractivity contribution in [2.45, 2.75) is 55.6 Å². The number of hydrogen-bond donors (Lipinski definition) is 2. The molecule has 2 aliphatic rings. The maximum absolute atomic E-state index is 12.8. The van der Waals surface area contributed by atoms with Gasteiger partial charge in [0.1, 0.15) is 10.3 Å². The molecule has 0 radical (unpaired) electrons. The van der Waals surface area contributed by atoms with Crippen molar-refractivity contribution in [1.29, 1.82) is 0 Å². The molecule has 2 aromatic rings. The molecule has 2 heterocycles. The van der Waals surface area contributed by atoms with Gasteiger partial charge in [-0.2, -0.15) is 4.72 Å². The molecule has 9 heteroatoms. The summed E-state index contributed by atoms with van der Waals surface area (Å²) in [6.07, 6.45) is 3.84. The minimum atomic E-state index is -3.76. The molecule has 4 rings (SSSR count). The minimum absolute atomic E-state index is 0.181. The molecule has 0 saturated heterocycles. The van der Waals surface area contributed by atoms with Crippen molar-refractivity contribution >= 4 is 33.0 Å². The van der Waals surface area contributed by atoms with Gasteiger partial charge < -0.3 is 14.8 Å². The van der Waals surface area contributed by atoms with Gasteiger partial charge in [0.05, 0.1) is 0 Å². The standard InChI is InChI=1S/C20H24N2O5S2/c1-13(2)18(22-29(24,25)17-6-5-11-28-17)19(23)21-14-7-8-15-16(12-14)27-20(26-15)9-3-4-10-20/h5-8,11-13,18,22H,3-4,9-10H2,1-2H3,(H,21,23)/t18-/m0/s1. The van der Waals surface area contributed by atoms with Crippen molar-refractivity contribution in [3.05, 3.63) is 35.7 Å². The lowest BCUT2D eigenvalue weighted by Crippen LogP contribution is -2.46. The molecule has 29 heavy (non-hydrogen) atoms. The highest BCUT2D eigenvalue weighted by Gasteiger charge is 2.44. The van der Waals surface area contributed by atoms with E-state index in [1.807, 2.05) is 0 Å². The fourth-order valence-electron chi connectivity index (χ4n) is 3.64. The first-order valence-electron chi connectivity index (χ1n) is 9.67. The van der Waals surface area contributed by atoms with Gasteiger partial charge >= 0.3 is 0 Å². The summed E-state index contributed by atoms with van der Waals surface area (Å²) in [7, 11) is -3.76. The quantitative estimate of drug-likeness (QED) is 0.720. The van der Waals surface area contributed by atoms with E-state index in [0.29, 0.717) is 17.2 Å². The van der Waals surface area contributed by atoms with E-state index in [2.05, 4.69) is 10.0 Å². The van der Waals surface area contributed by atoms with Gasteiger partial charge in [-0.15, -0.1) is 11.3 Å². The molecule has 1 aliphatic carbocycles. The van der Waals surface area contributed by atoms with Crippen LogP contribution < -0.4 is 19.5 Å². The summed E-state index contributed by atoms with van der Waals surface area (Å²) >= 11 is 1.11. The Morgan fingerprint density at radius 2 is 1.86 bits per heavy atom. The van der Waals surface area contributed by atoms with Gasteiger partial charge in [-0.3, -0.25) is 4.79 Å². The molecule has 1 spiro atoms. The van der Waals surface area contributed by atoms with E-state index in [0.717, 1.165) is 37.0 Å². The zero-order chi connectivity index (χ0) is 20.6. The summed E-state index contributed by atoms with van der Waals surface area (Å²) in [4.78, 5) is 12.8. The summed E-state index contributed by atoms with van der Waals surface area (Å²) in [6.45, 7) is 3.59. The van der Waals surface area contributed by atoms with Crippen LogP contribution in [0.4, 0.5) is 5.69 Å². The highest BCUT2D eigenvalue weighted by atomic mass is 32.2. The molecular weight excluding hydrogens is 412 g/mol. The lowest BCUT2D eigenvalue weighted by atomic mass is 10.0. The lowest BCUT2D eigenvalue weighted by Gasteiger charge is -2.21. The van der Waals surface area contributed by atoms with Crippen LogP contribution in [0.2, 0.25) is 0 Å². The van der Waals surface area contributed by atoms with Crippen LogP contribution in [0.25, 0.3) is 0 Å². The number of sulfonamides is 1. The van der Waals surface area contributed by atoms with Crippen LogP contribution in [0.15, 0.2) is 39.9 Å². The van der Waals surface area contributed by atoms with Gasteiger partial charge in [0.25, 0.3) is 15.8 Å². The number of hydrogen-bond acceptors (Lipinski definition) is 6. The van der Waals surface area contributed by atoms with Crippen LogP contribution >= 0.6 is 11.3 Å². The average Bonchev–Trinajstić information content (AvgIpc) is 3.40. The van der Waals surface area contributed by atoms with E-state index in [9.17, 15) is 13.2 Å². The number of ether oxygens (including phenoxy) is 2. The average molecular weight is 437 g/mol. The van der Waals surface area contributed by atoms with E-state index in [-0.39, 0.29) is 10.1 Å². The fourth-order valence-corrected chi connectivity index (χ4v) is 6.00. The second-order valence-corrected chi connectivity index (χ2v) is 10.6. The van der Waals surface area contributed by atoms with Crippen molar-refractivity contribution in [3.8, 4) is 11.5 Å². The zero-order valence-electron chi connectivity index (χ0n) is 16.3. The van der Waals surface area contributed by atoms with Crippen LogP contribution in [0.3, 0.4) is 0 Å². The SMILES string of the molecule is CC(C)[C@H](NS(=O)(=O)c1cccs1)C(=O)Nc1ccc2c(c1)OC1(CCCC1)O2. The predicted octanol–water partition coefficient (Wildman–Crippen LogP) is 3.73. The first kappa shape index (κ1) is 20.2. The van der Waals surface area contributed by atoms with Gasteiger partial charge in [-0.25, -0.2) is 8.42 Å². The Morgan fingerprint density at radius 3 is 2.52 bits per heavy atom. The number of carbonyl (C=O) groups is 1. The topological polar surface area (TPSA) is 93.7 Å². The molecule has 0 unspecified atom stereocenters. The predicted molar refractivity (Wildman–Crippen MR) is 111 cm³/mol. The normalized spacial score (nSPS) is 18.3. The van der Waals surface area contributed by atoms with Gasteiger partial charge in [0.2, 0.25) is 5.91 Å². The molecule has 1 amide bonds. The number of carbonyl (C=O) groups excluding carboxylic acids is 1. The number of benzene rings is 1. The molecule has 1 aliphatic heterocycles. The maximum Gasteiger partial charge on any atom is 0.251 e. The van der Waals surface area contributed by atoms with Crippen LogP contribution in [0.5, 0.6) is 11.5 Å². The molecule has 1 aromatic carbocycles. The summed E-state index contributed by atoms with van der Waals surface area (Å²) in [6, 6.07) is 7.50. The number of fused-ring (bicyclic) bond motifs is 1. The van der Waals surface area contributed by atoms with Gasteiger partial charge in [0, 0.05) is 24.6 Å². The third-order valence-electron chi connectivity index (χ3n) is 5.16. The van der Waals surface area contributed by atoms with Crippen molar-refractivity contribution in [3.63, 3.8) is 0 Å². The first-order chi connectivity index (χ1) is 13.8. The molecule has 156 valence electrons. The van der Waals surface area contributed by atoms with E-state index >= 15 is 0 Å². The zero-order valence-corrected chi connectivity index (χ0v) is 17.9. The fraction of sp³-hybridized carbons (Fsp3) is 0.450. The molecule has 0 bridgehead atoms. The summed E-state index contributed by atoms with van der Waals surface area (Å²) in [5, 5.41) is 4.49. The van der Waals surface area contributed by atoms with E-state index < -0.39 is 27.8 Å². The highest BCUT2D eigenvalue weighted by molar-refractivity contribution is 7.91. The molecule has 1 fully saturated rings. The molecule has 1 atom stereocenters. The van der Waals surface area contributed by atoms with E-state index in [1.165, 1.54) is 6.07 Å². The van der Waals surface area contributed by atoms with Crippen molar-refractivity contribution in [1.82, 2.24) is 4.72 Å². The van der Waals surface area contributed by atoms with Crippen LogP contribution in [0, 0.1) is 5.92 Å². The van der Waals surface area contributed by atoms with Gasteiger partial charge in [-0.1, -0.05) is 19.9 Å². The molecule has 7 nitrogen and oxygen atoms in total. The van der Waals surface area contributed by atoms with Crippen molar-refractivity contribution < 1.29 is 22.7 Å². The van der Waals surface area contributed by atoms with Crippen molar-refractivity contribution in [2.24, 2.45) is 5.92 Å². The number of anilines is 1. The monoisotopic (exact) mass is 436 g/mol. The Kier molecular flexibility index (Phi) is 5.30. The van der Waals surface area contributed by atoms with Crippen molar-refractivity contribution in [2.75, 3.05) is 5.32 Å². The molecule has 1 aromatic heterocycles. The number of nitrogens with one attached hydrogen (secondary N) is 2. The Labute approximate surface area is 174 Å². The molecular formula is C20H24N2O5S2. The first-order valence-corrected chi connectivity index (χ1v) is 12.0. The maximum atomic E-state index is 12.8. The van der Waals surface area contributed by atoms with E-state index in [1.54, 1.807) is 43.5 Å².